The molecule has 0 spiro atoms. The monoisotopic (exact) mass is 575 g/mol. The first-order valence-electron chi connectivity index (χ1n) is 15.0. The van der Waals surface area contributed by atoms with Gasteiger partial charge < -0.3 is 8.98 Å². The molecule has 9 rings (SSSR count). The molecule has 8 aromatic rings. The molecule has 0 amide bonds. The van der Waals surface area contributed by atoms with Gasteiger partial charge in [-0.1, -0.05) is 62.4 Å². The molecule has 4 heteroatoms. The molecule has 1 aliphatic rings. The summed E-state index contributed by atoms with van der Waals surface area (Å²) in [7, 11) is 0. The van der Waals surface area contributed by atoms with E-state index in [-0.39, 0.29) is 5.41 Å². The smallest absolute Gasteiger partial charge is 0.135 e. The van der Waals surface area contributed by atoms with Crippen molar-refractivity contribution in [3.05, 3.63) is 138 Å². The van der Waals surface area contributed by atoms with E-state index in [1.807, 2.05) is 54.6 Å². The van der Waals surface area contributed by atoms with Crippen molar-refractivity contribution in [2.24, 2.45) is 0 Å². The number of fused-ring (bicyclic) bond motifs is 9. The van der Waals surface area contributed by atoms with Crippen LogP contribution in [0.2, 0.25) is 0 Å². The molecule has 2 heterocycles. The zero-order chi connectivity index (χ0) is 30.4. The Morgan fingerprint density at radius 1 is 0.556 bits per heavy atom. The molecule has 0 unspecified atom stereocenters. The van der Waals surface area contributed by atoms with Crippen molar-refractivity contribution in [3.8, 4) is 40.1 Å². The number of para-hydroxylation sites is 1. The Labute approximate surface area is 259 Å². The molecule has 0 fully saturated rings. The zero-order valence-electron chi connectivity index (χ0n) is 24.7. The van der Waals surface area contributed by atoms with Crippen molar-refractivity contribution < 1.29 is 4.42 Å². The summed E-state index contributed by atoms with van der Waals surface area (Å²) in [4.78, 5) is 0. The van der Waals surface area contributed by atoms with Crippen LogP contribution in [0.25, 0.3) is 71.7 Å². The van der Waals surface area contributed by atoms with Gasteiger partial charge >= 0.3 is 0 Å². The predicted octanol–water partition coefficient (Wildman–Crippen LogP) is 10.4. The number of nitriles is 2. The molecule has 1 aliphatic carbocycles. The summed E-state index contributed by atoms with van der Waals surface area (Å²) in [6.45, 7) is 4.56. The molecule has 210 valence electrons. The van der Waals surface area contributed by atoms with Gasteiger partial charge in [0.05, 0.1) is 40.0 Å². The van der Waals surface area contributed by atoms with Crippen LogP contribution in [-0.4, -0.2) is 4.57 Å². The molecular weight excluding hydrogens is 550 g/mol. The van der Waals surface area contributed by atoms with E-state index >= 15 is 0 Å². The fourth-order valence-electron chi connectivity index (χ4n) is 7.47. The standard InChI is InChI=1S/C41H25N3O/c1-41(2)34-9-5-3-7-27(34)30-20-33-32-19-26(13-16-39(32)45-40(33)21-35(30)41)29-17-24(22-42)11-14-37(29)44-36-10-6-4-8-28(36)31-18-25(23-43)12-15-38(31)44/h3-21H,1-2H3. The van der Waals surface area contributed by atoms with Crippen LogP contribution >= 0.6 is 0 Å². The van der Waals surface area contributed by atoms with Gasteiger partial charge in [-0.15, -0.1) is 0 Å². The van der Waals surface area contributed by atoms with Gasteiger partial charge in [-0.05, 0) is 94.5 Å². The first kappa shape index (κ1) is 25.4. The highest BCUT2D eigenvalue weighted by Gasteiger charge is 2.36. The van der Waals surface area contributed by atoms with E-state index in [1.165, 1.54) is 22.3 Å². The fourth-order valence-corrected chi connectivity index (χ4v) is 7.47. The molecule has 0 aliphatic heterocycles. The molecule has 45 heavy (non-hydrogen) atoms. The number of nitrogens with zero attached hydrogens (tertiary/aromatic N) is 3. The Morgan fingerprint density at radius 2 is 1.29 bits per heavy atom. The lowest BCUT2D eigenvalue weighted by Crippen LogP contribution is -2.14. The molecule has 0 saturated heterocycles. The summed E-state index contributed by atoms with van der Waals surface area (Å²) in [5.74, 6) is 0. The minimum atomic E-state index is -0.104. The third kappa shape index (κ3) is 3.46. The van der Waals surface area contributed by atoms with Gasteiger partial charge in [0, 0.05) is 32.5 Å². The van der Waals surface area contributed by atoms with Crippen molar-refractivity contribution in [2.45, 2.75) is 19.3 Å². The van der Waals surface area contributed by atoms with Crippen LogP contribution in [0, 0.1) is 22.7 Å². The van der Waals surface area contributed by atoms with Crippen LogP contribution in [0.15, 0.2) is 120 Å². The SMILES string of the molecule is CC1(C)c2ccccc2-c2cc3c(cc21)oc1ccc(-c2cc(C#N)ccc2-n2c4ccccc4c4cc(C#N)ccc42)cc13. The maximum atomic E-state index is 9.92. The third-order valence-electron chi connectivity index (χ3n) is 9.65. The average molecular weight is 576 g/mol. The van der Waals surface area contributed by atoms with Gasteiger partial charge in [0.1, 0.15) is 11.2 Å². The van der Waals surface area contributed by atoms with Crippen LogP contribution in [0.5, 0.6) is 0 Å². The Hall–Kier alpha value is -6.10. The van der Waals surface area contributed by atoms with Gasteiger partial charge in [0.25, 0.3) is 0 Å². The minimum Gasteiger partial charge on any atom is -0.456 e. The number of rotatable bonds is 2. The highest BCUT2D eigenvalue weighted by atomic mass is 16.3. The van der Waals surface area contributed by atoms with Crippen LogP contribution < -0.4 is 0 Å². The van der Waals surface area contributed by atoms with Crippen LogP contribution in [0.4, 0.5) is 0 Å². The summed E-state index contributed by atoms with van der Waals surface area (Å²) in [6, 6.07) is 44.1. The van der Waals surface area contributed by atoms with Gasteiger partial charge in [-0.3, -0.25) is 0 Å². The first-order valence-corrected chi connectivity index (χ1v) is 15.0. The van der Waals surface area contributed by atoms with Crippen LogP contribution in [-0.2, 0) is 5.41 Å². The highest BCUT2D eigenvalue weighted by molar-refractivity contribution is 6.11. The molecule has 6 aromatic carbocycles. The molecule has 4 nitrogen and oxygen atoms in total. The fraction of sp³-hybridized carbons (Fsp3) is 0.0732. The molecular formula is C41H25N3O. The molecule has 0 N–H and O–H groups in total. The average Bonchev–Trinajstić information content (AvgIpc) is 3.68. The number of aromatic nitrogens is 1. The van der Waals surface area contributed by atoms with Gasteiger partial charge in [0.15, 0.2) is 0 Å². The first-order chi connectivity index (χ1) is 22.0. The van der Waals surface area contributed by atoms with Crippen molar-refractivity contribution in [3.63, 3.8) is 0 Å². The van der Waals surface area contributed by atoms with Crippen molar-refractivity contribution >= 4 is 43.7 Å². The maximum Gasteiger partial charge on any atom is 0.135 e. The lowest BCUT2D eigenvalue weighted by Gasteiger charge is -2.21. The minimum absolute atomic E-state index is 0.104. The van der Waals surface area contributed by atoms with Gasteiger partial charge in [-0.25, -0.2) is 0 Å². The van der Waals surface area contributed by atoms with Crippen molar-refractivity contribution in [2.75, 3.05) is 0 Å². The van der Waals surface area contributed by atoms with E-state index in [1.54, 1.807) is 0 Å². The summed E-state index contributed by atoms with van der Waals surface area (Å²) in [5, 5.41) is 23.8. The number of hydrogen-bond donors (Lipinski definition) is 0. The molecule has 0 bridgehead atoms. The number of benzene rings is 6. The second kappa shape index (κ2) is 8.96. The molecule has 0 radical (unpaired) electrons. The third-order valence-corrected chi connectivity index (χ3v) is 9.65. The lowest BCUT2D eigenvalue weighted by atomic mass is 9.82. The molecule has 0 saturated carbocycles. The number of hydrogen-bond acceptors (Lipinski definition) is 3. The quantitative estimate of drug-likeness (QED) is 0.206. The topological polar surface area (TPSA) is 65.7 Å². The second-order valence-electron chi connectivity index (χ2n) is 12.4. The Kier molecular flexibility index (Phi) is 5.06. The Bertz CT molecular complexity index is 2650. The van der Waals surface area contributed by atoms with E-state index in [0.717, 1.165) is 60.6 Å². The summed E-state index contributed by atoms with van der Waals surface area (Å²) < 4.78 is 8.70. The van der Waals surface area contributed by atoms with E-state index in [9.17, 15) is 10.5 Å². The second-order valence-corrected chi connectivity index (χ2v) is 12.4. The summed E-state index contributed by atoms with van der Waals surface area (Å²) in [6.07, 6.45) is 0. The molecule has 0 atom stereocenters. The Balaban J connectivity index is 1.31. The van der Waals surface area contributed by atoms with E-state index in [4.69, 9.17) is 4.42 Å². The Morgan fingerprint density at radius 3 is 2.16 bits per heavy atom. The normalized spacial score (nSPS) is 13.2. The van der Waals surface area contributed by atoms with Crippen molar-refractivity contribution in [1.82, 2.24) is 4.57 Å². The van der Waals surface area contributed by atoms with Gasteiger partial charge in [0.2, 0.25) is 0 Å². The highest BCUT2D eigenvalue weighted by Crippen LogP contribution is 2.51. The summed E-state index contributed by atoms with van der Waals surface area (Å²) in [5.41, 5.74) is 12.9. The largest absolute Gasteiger partial charge is 0.456 e. The number of furan rings is 1. The predicted molar refractivity (Wildman–Crippen MR) is 180 cm³/mol. The van der Waals surface area contributed by atoms with E-state index < -0.39 is 0 Å². The van der Waals surface area contributed by atoms with E-state index in [0.29, 0.717) is 11.1 Å². The maximum absolute atomic E-state index is 9.92. The van der Waals surface area contributed by atoms with E-state index in [2.05, 4.69) is 91.2 Å². The zero-order valence-corrected chi connectivity index (χ0v) is 24.7. The molecule has 2 aromatic heterocycles. The van der Waals surface area contributed by atoms with Crippen LogP contribution in [0.3, 0.4) is 0 Å². The van der Waals surface area contributed by atoms with Crippen molar-refractivity contribution in [1.29, 1.82) is 10.5 Å². The van der Waals surface area contributed by atoms with Gasteiger partial charge in [-0.2, -0.15) is 10.5 Å². The summed E-state index contributed by atoms with van der Waals surface area (Å²) >= 11 is 0. The van der Waals surface area contributed by atoms with Crippen LogP contribution in [0.1, 0.15) is 36.1 Å². The lowest BCUT2D eigenvalue weighted by molar-refractivity contribution is 0.647.